The minimum absolute atomic E-state index is 0.174. The van der Waals surface area contributed by atoms with Gasteiger partial charge in [0.2, 0.25) is 0 Å². The molecule has 0 aliphatic rings. The van der Waals surface area contributed by atoms with Crippen LogP contribution < -0.4 is 24.8 Å². The standard InChI is InChI=1S/C30H28N2O6/c1-35-26-17-15-23(19-27(26)36-2)32-30(34)31-22-14-16-25(24(18-22)29(33)37-3)38-28(20-10-6-4-7-11-20)21-12-8-5-9-13-21/h4-19,28H,1-3H3,(H2,31,32,34). The van der Waals surface area contributed by atoms with E-state index >= 15 is 0 Å². The second kappa shape index (κ2) is 12.3. The number of benzene rings is 4. The van der Waals surface area contributed by atoms with Crippen molar-refractivity contribution in [2.24, 2.45) is 0 Å². The van der Waals surface area contributed by atoms with Crippen molar-refractivity contribution >= 4 is 23.4 Å². The Morgan fingerprint density at radius 1 is 0.632 bits per heavy atom. The van der Waals surface area contributed by atoms with E-state index < -0.39 is 18.1 Å². The SMILES string of the molecule is COC(=O)c1cc(NC(=O)Nc2ccc(OC)c(OC)c2)ccc1OC(c1ccccc1)c1ccccc1. The maximum atomic E-state index is 12.7. The maximum Gasteiger partial charge on any atom is 0.341 e. The maximum absolute atomic E-state index is 12.7. The molecular formula is C30H28N2O6. The molecule has 0 radical (unpaired) electrons. The van der Waals surface area contributed by atoms with Crippen LogP contribution in [0.5, 0.6) is 17.2 Å². The van der Waals surface area contributed by atoms with Gasteiger partial charge in [-0.25, -0.2) is 9.59 Å². The molecule has 0 unspecified atom stereocenters. The molecule has 0 saturated carbocycles. The molecule has 0 atom stereocenters. The molecule has 2 N–H and O–H groups in total. The molecule has 0 aliphatic heterocycles. The Balaban J connectivity index is 1.58. The molecule has 0 fully saturated rings. The van der Waals surface area contributed by atoms with Crippen molar-refractivity contribution in [3.8, 4) is 17.2 Å². The monoisotopic (exact) mass is 512 g/mol. The van der Waals surface area contributed by atoms with Crippen LogP contribution in [0.3, 0.4) is 0 Å². The lowest BCUT2D eigenvalue weighted by Crippen LogP contribution is -2.20. The van der Waals surface area contributed by atoms with Crippen LogP contribution >= 0.6 is 0 Å². The van der Waals surface area contributed by atoms with Crippen LogP contribution in [0.2, 0.25) is 0 Å². The summed E-state index contributed by atoms with van der Waals surface area (Å²) >= 11 is 0. The molecule has 0 aromatic heterocycles. The molecule has 8 heteroatoms. The summed E-state index contributed by atoms with van der Waals surface area (Å²) in [6.45, 7) is 0. The lowest BCUT2D eigenvalue weighted by molar-refractivity contribution is 0.0594. The molecule has 4 aromatic carbocycles. The van der Waals surface area contributed by atoms with E-state index in [1.807, 2.05) is 60.7 Å². The zero-order chi connectivity index (χ0) is 26.9. The first-order chi connectivity index (χ1) is 18.5. The Hall–Kier alpha value is -4.98. The topological polar surface area (TPSA) is 95.1 Å². The number of amides is 2. The molecule has 0 aliphatic carbocycles. The summed E-state index contributed by atoms with van der Waals surface area (Å²) in [6.07, 6.45) is -0.465. The summed E-state index contributed by atoms with van der Waals surface area (Å²) in [5.41, 5.74) is 2.90. The van der Waals surface area contributed by atoms with Gasteiger partial charge in [0.15, 0.2) is 11.5 Å². The Morgan fingerprint density at radius 3 is 1.68 bits per heavy atom. The average molecular weight is 513 g/mol. The molecule has 0 saturated heterocycles. The molecule has 4 rings (SSSR count). The Labute approximate surface area is 221 Å². The summed E-state index contributed by atoms with van der Waals surface area (Å²) in [7, 11) is 4.34. The molecule has 4 aromatic rings. The molecule has 0 heterocycles. The summed E-state index contributed by atoms with van der Waals surface area (Å²) < 4.78 is 21.9. The van der Waals surface area contributed by atoms with Crippen molar-refractivity contribution in [3.05, 3.63) is 114 Å². The van der Waals surface area contributed by atoms with Gasteiger partial charge in [0, 0.05) is 17.4 Å². The summed E-state index contributed by atoms with van der Waals surface area (Å²) in [6, 6.07) is 28.7. The molecule has 8 nitrogen and oxygen atoms in total. The fraction of sp³-hybridized carbons (Fsp3) is 0.133. The number of methoxy groups -OCH3 is 3. The molecule has 0 bridgehead atoms. The van der Waals surface area contributed by atoms with Crippen LogP contribution in [0.25, 0.3) is 0 Å². The molecule has 194 valence electrons. The second-order valence-electron chi connectivity index (χ2n) is 8.17. The molecule has 2 amide bonds. The van der Waals surface area contributed by atoms with E-state index in [9.17, 15) is 9.59 Å². The number of hydrogen-bond donors (Lipinski definition) is 2. The first-order valence-corrected chi connectivity index (χ1v) is 11.8. The third-order valence-electron chi connectivity index (χ3n) is 5.73. The minimum atomic E-state index is -0.594. The van der Waals surface area contributed by atoms with Crippen LogP contribution in [0.4, 0.5) is 16.2 Å². The number of hydrogen-bond acceptors (Lipinski definition) is 6. The molecule has 0 spiro atoms. The Kier molecular flexibility index (Phi) is 8.46. The quantitative estimate of drug-likeness (QED) is 0.256. The van der Waals surface area contributed by atoms with E-state index in [0.29, 0.717) is 28.6 Å². The number of rotatable bonds is 9. The highest BCUT2D eigenvalue weighted by atomic mass is 16.5. The highest BCUT2D eigenvalue weighted by Crippen LogP contribution is 2.33. The number of ether oxygens (including phenoxy) is 4. The highest BCUT2D eigenvalue weighted by Gasteiger charge is 2.21. The van der Waals surface area contributed by atoms with Crippen LogP contribution in [0, 0.1) is 0 Å². The van der Waals surface area contributed by atoms with Crippen molar-refractivity contribution in [2.75, 3.05) is 32.0 Å². The van der Waals surface area contributed by atoms with Crippen LogP contribution in [0.15, 0.2) is 97.1 Å². The van der Waals surface area contributed by atoms with E-state index in [0.717, 1.165) is 11.1 Å². The number of carbonyl (C=O) groups excluding carboxylic acids is 2. The highest BCUT2D eigenvalue weighted by molar-refractivity contribution is 6.01. The van der Waals surface area contributed by atoms with Crippen molar-refractivity contribution in [1.29, 1.82) is 0 Å². The average Bonchev–Trinajstić information content (AvgIpc) is 2.96. The normalized spacial score (nSPS) is 10.4. The Morgan fingerprint density at radius 2 is 1.16 bits per heavy atom. The van der Waals surface area contributed by atoms with Gasteiger partial charge in [-0.15, -0.1) is 0 Å². The van der Waals surface area contributed by atoms with E-state index in [1.165, 1.54) is 27.4 Å². The van der Waals surface area contributed by atoms with Gasteiger partial charge in [0.1, 0.15) is 17.4 Å². The van der Waals surface area contributed by atoms with Crippen LogP contribution in [-0.4, -0.2) is 33.3 Å². The van der Waals surface area contributed by atoms with E-state index in [1.54, 1.807) is 30.3 Å². The van der Waals surface area contributed by atoms with Crippen molar-refractivity contribution < 1.29 is 28.5 Å². The fourth-order valence-corrected chi connectivity index (χ4v) is 3.90. The van der Waals surface area contributed by atoms with Gasteiger partial charge in [0.25, 0.3) is 0 Å². The van der Waals surface area contributed by atoms with Crippen molar-refractivity contribution in [3.63, 3.8) is 0 Å². The minimum Gasteiger partial charge on any atom is -0.493 e. The number of urea groups is 1. The number of carbonyl (C=O) groups is 2. The number of anilines is 2. The summed E-state index contributed by atoms with van der Waals surface area (Å²) in [5, 5.41) is 5.47. The first-order valence-electron chi connectivity index (χ1n) is 11.8. The summed E-state index contributed by atoms with van der Waals surface area (Å²) in [4.78, 5) is 25.4. The van der Waals surface area contributed by atoms with Gasteiger partial charge in [-0.2, -0.15) is 0 Å². The van der Waals surface area contributed by atoms with Crippen molar-refractivity contribution in [2.45, 2.75) is 6.10 Å². The molecule has 38 heavy (non-hydrogen) atoms. The number of esters is 1. The van der Waals surface area contributed by atoms with Gasteiger partial charge < -0.3 is 29.6 Å². The van der Waals surface area contributed by atoms with Gasteiger partial charge in [-0.05, 0) is 41.5 Å². The predicted molar refractivity (Wildman–Crippen MR) is 145 cm³/mol. The third kappa shape index (κ3) is 6.22. The van der Waals surface area contributed by atoms with Gasteiger partial charge >= 0.3 is 12.0 Å². The zero-order valence-electron chi connectivity index (χ0n) is 21.3. The van der Waals surface area contributed by atoms with E-state index in [-0.39, 0.29) is 5.56 Å². The van der Waals surface area contributed by atoms with Crippen LogP contribution in [-0.2, 0) is 4.74 Å². The van der Waals surface area contributed by atoms with Crippen molar-refractivity contribution in [1.82, 2.24) is 0 Å². The second-order valence-corrected chi connectivity index (χ2v) is 8.17. The Bertz CT molecular complexity index is 1350. The lowest BCUT2D eigenvalue weighted by atomic mass is 10.0. The smallest absolute Gasteiger partial charge is 0.341 e. The predicted octanol–water partition coefficient (Wildman–Crippen LogP) is 6.30. The van der Waals surface area contributed by atoms with Gasteiger partial charge in [-0.3, -0.25) is 0 Å². The lowest BCUT2D eigenvalue weighted by Gasteiger charge is -2.22. The van der Waals surface area contributed by atoms with Gasteiger partial charge in [-0.1, -0.05) is 60.7 Å². The number of nitrogens with one attached hydrogen (secondary N) is 2. The third-order valence-corrected chi connectivity index (χ3v) is 5.73. The summed E-state index contributed by atoms with van der Waals surface area (Å²) in [5.74, 6) is 0.747. The van der Waals surface area contributed by atoms with E-state index in [4.69, 9.17) is 18.9 Å². The molecular weight excluding hydrogens is 484 g/mol. The van der Waals surface area contributed by atoms with Gasteiger partial charge in [0.05, 0.1) is 21.3 Å². The first kappa shape index (κ1) is 26.1. The largest absolute Gasteiger partial charge is 0.493 e. The fourth-order valence-electron chi connectivity index (χ4n) is 3.90. The zero-order valence-corrected chi connectivity index (χ0v) is 21.3. The van der Waals surface area contributed by atoms with E-state index in [2.05, 4.69) is 10.6 Å². The van der Waals surface area contributed by atoms with Crippen LogP contribution in [0.1, 0.15) is 27.6 Å².